The molecule has 1 aromatic heterocycles. The van der Waals surface area contributed by atoms with Crippen molar-refractivity contribution in [2.24, 2.45) is 5.92 Å². The van der Waals surface area contributed by atoms with Crippen LogP contribution in [0.2, 0.25) is 0 Å². The topological polar surface area (TPSA) is 57.5 Å². The number of anilines is 1. The largest absolute Gasteiger partial charge is 0.396 e. The Morgan fingerprint density at radius 1 is 1.30 bits per heavy atom. The highest BCUT2D eigenvalue weighted by molar-refractivity contribution is 5.93. The second kappa shape index (κ2) is 7.04. The third-order valence-corrected chi connectivity index (χ3v) is 4.65. The van der Waals surface area contributed by atoms with Gasteiger partial charge in [-0.25, -0.2) is 4.79 Å². The number of piperidine rings is 1. The average molecular weight is 315 g/mol. The lowest BCUT2D eigenvalue weighted by atomic mass is 9.98. The van der Waals surface area contributed by atoms with Crippen LogP contribution in [0.4, 0.5) is 10.5 Å². The number of amides is 2. The maximum Gasteiger partial charge on any atom is 0.321 e. The number of nitrogens with one attached hydrogen (secondary N) is 1. The van der Waals surface area contributed by atoms with Crippen molar-refractivity contribution in [1.29, 1.82) is 0 Å². The number of hydrogen-bond donors (Lipinski definition) is 2. The van der Waals surface area contributed by atoms with Crippen LogP contribution < -0.4 is 5.32 Å². The first-order chi connectivity index (χ1) is 11.2. The van der Waals surface area contributed by atoms with E-state index in [1.807, 2.05) is 17.0 Å². The Morgan fingerprint density at radius 2 is 2.09 bits per heavy atom. The van der Waals surface area contributed by atoms with Crippen LogP contribution in [0.15, 0.2) is 30.5 Å². The van der Waals surface area contributed by atoms with Crippen molar-refractivity contribution in [2.75, 3.05) is 25.0 Å². The molecule has 0 radical (unpaired) electrons. The van der Waals surface area contributed by atoms with Crippen LogP contribution in [0.25, 0.3) is 10.9 Å². The molecule has 0 spiro atoms. The fourth-order valence-electron chi connectivity index (χ4n) is 3.23. The molecule has 1 aliphatic rings. The van der Waals surface area contributed by atoms with Crippen molar-refractivity contribution in [1.82, 2.24) is 9.47 Å². The van der Waals surface area contributed by atoms with Gasteiger partial charge in [-0.15, -0.1) is 0 Å². The van der Waals surface area contributed by atoms with Gasteiger partial charge in [0.25, 0.3) is 0 Å². The molecule has 0 saturated carbocycles. The number of benzene rings is 1. The van der Waals surface area contributed by atoms with Gasteiger partial charge in [0.05, 0.1) is 0 Å². The summed E-state index contributed by atoms with van der Waals surface area (Å²) < 4.78 is 2.24. The molecular formula is C18H25N3O2. The SMILES string of the molecule is CCCn1ccc2cc(NC(=O)N3CCC(CO)CC3)ccc21. The lowest BCUT2D eigenvalue weighted by Crippen LogP contribution is -2.41. The molecular weight excluding hydrogens is 290 g/mol. The van der Waals surface area contributed by atoms with Gasteiger partial charge in [-0.05, 0) is 49.4 Å². The predicted octanol–water partition coefficient (Wildman–Crippen LogP) is 3.29. The first-order valence-electron chi connectivity index (χ1n) is 8.47. The summed E-state index contributed by atoms with van der Waals surface area (Å²) in [6.07, 6.45) is 4.96. The zero-order valence-corrected chi connectivity index (χ0v) is 13.7. The van der Waals surface area contributed by atoms with E-state index in [0.29, 0.717) is 19.0 Å². The Morgan fingerprint density at radius 3 is 2.78 bits per heavy atom. The van der Waals surface area contributed by atoms with Gasteiger partial charge in [-0.1, -0.05) is 6.92 Å². The number of rotatable bonds is 4. The van der Waals surface area contributed by atoms with E-state index in [2.05, 4.69) is 35.1 Å². The fraction of sp³-hybridized carbons (Fsp3) is 0.500. The van der Waals surface area contributed by atoms with Gasteiger partial charge in [0.1, 0.15) is 0 Å². The van der Waals surface area contributed by atoms with Crippen LogP contribution in [0.5, 0.6) is 0 Å². The summed E-state index contributed by atoms with van der Waals surface area (Å²) in [5, 5.41) is 13.3. The van der Waals surface area contributed by atoms with Crippen LogP contribution >= 0.6 is 0 Å². The van der Waals surface area contributed by atoms with Gasteiger partial charge in [-0.3, -0.25) is 0 Å². The molecule has 2 aromatic rings. The Balaban J connectivity index is 1.66. The minimum Gasteiger partial charge on any atom is -0.396 e. The summed E-state index contributed by atoms with van der Waals surface area (Å²) >= 11 is 0. The lowest BCUT2D eigenvalue weighted by Gasteiger charge is -2.31. The third-order valence-electron chi connectivity index (χ3n) is 4.65. The molecule has 2 heterocycles. The van der Waals surface area contributed by atoms with Crippen molar-refractivity contribution in [3.8, 4) is 0 Å². The highest BCUT2D eigenvalue weighted by atomic mass is 16.3. The van der Waals surface area contributed by atoms with E-state index in [-0.39, 0.29) is 12.6 Å². The number of carbonyl (C=O) groups is 1. The van der Waals surface area contributed by atoms with E-state index in [0.717, 1.165) is 36.9 Å². The Bertz CT molecular complexity index is 672. The number of carbonyl (C=O) groups excluding carboxylic acids is 1. The zero-order valence-electron chi connectivity index (χ0n) is 13.7. The molecule has 1 aliphatic heterocycles. The Hall–Kier alpha value is -2.01. The molecule has 0 bridgehead atoms. The number of urea groups is 1. The third kappa shape index (κ3) is 3.50. The fourth-order valence-corrected chi connectivity index (χ4v) is 3.23. The number of aryl methyl sites for hydroxylation is 1. The first kappa shape index (κ1) is 15.9. The molecule has 1 aromatic carbocycles. The molecule has 1 fully saturated rings. The second-order valence-corrected chi connectivity index (χ2v) is 6.33. The van der Waals surface area contributed by atoms with Crippen LogP contribution in [0, 0.1) is 5.92 Å². The normalized spacial score (nSPS) is 16.0. The predicted molar refractivity (Wildman–Crippen MR) is 92.6 cm³/mol. The molecule has 124 valence electrons. The van der Waals surface area contributed by atoms with E-state index in [1.165, 1.54) is 5.52 Å². The van der Waals surface area contributed by atoms with Crippen molar-refractivity contribution >= 4 is 22.6 Å². The molecule has 5 nitrogen and oxygen atoms in total. The molecule has 0 aliphatic carbocycles. The number of aromatic nitrogens is 1. The number of hydrogen-bond acceptors (Lipinski definition) is 2. The van der Waals surface area contributed by atoms with Crippen molar-refractivity contribution < 1.29 is 9.90 Å². The summed E-state index contributed by atoms with van der Waals surface area (Å²) in [6, 6.07) is 8.10. The molecule has 5 heteroatoms. The number of fused-ring (bicyclic) bond motifs is 1. The van der Waals surface area contributed by atoms with Crippen molar-refractivity contribution in [2.45, 2.75) is 32.7 Å². The molecule has 23 heavy (non-hydrogen) atoms. The zero-order chi connectivity index (χ0) is 16.2. The van der Waals surface area contributed by atoms with E-state index < -0.39 is 0 Å². The van der Waals surface area contributed by atoms with Crippen LogP contribution in [0.1, 0.15) is 26.2 Å². The molecule has 3 rings (SSSR count). The maximum atomic E-state index is 12.4. The van der Waals surface area contributed by atoms with Gasteiger partial charge < -0.3 is 19.9 Å². The summed E-state index contributed by atoms with van der Waals surface area (Å²) in [4.78, 5) is 14.2. The minimum absolute atomic E-state index is 0.0475. The van der Waals surface area contributed by atoms with Crippen molar-refractivity contribution in [3.63, 3.8) is 0 Å². The van der Waals surface area contributed by atoms with E-state index >= 15 is 0 Å². The number of likely N-dealkylation sites (tertiary alicyclic amines) is 1. The summed E-state index contributed by atoms with van der Waals surface area (Å²) in [7, 11) is 0. The molecule has 1 saturated heterocycles. The maximum absolute atomic E-state index is 12.4. The number of aliphatic hydroxyl groups excluding tert-OH is 1. The molecule has 0 unspecified atom stereocenters. The van der Waals surface area contributed by atoms with Crippen LogP contribution in [-0.4, -0.2) is 40.3 Å². The molecule has 0 atom stereocenters. The second-order valence-electron chi connectivity index (χ2n) is 6.33. The summed E-state index contributed by atoms with van der Waals surface area (Å²) in [6.45, 7) is 4.83. The standard InChI is InChI=1S/C18H25N3O2/c1-2-8-20-11-7-15-12-16(3-4-17(15)20)19-18(23)21-9-5-14(13-22)6-10-21/h3-4,7,11-12,14,22H,2,5-6,8-10,13H2,1H3,(H,19,23). The van der Waals surface area contributed by atoms with Gasteiger partial charge >= 0.3 is 6.03 Å². The van der Waals surface area contributed by atoms with E-state index in [1.54, 1.807) is 0 Å². The van der Waals surface area contributed by atoms with Gasteiger partial charge in [0, 0.05) is 49.0 Å². The average Bonchev–Trinajstić information content (AvgIpc) is 2.97. The van der Waals surface area contributed by atoms with Crippen LogP contribution in [0.3, 0.4) is 0 Å². The first-order valence-corrected chi connectivity index (χ1v) is 8.47. The van der Waals surface area contributed by atoms with Gasteiger partial charge in [0.15, 0.2) is 0 Å². The quantitative estimate of drug-likeness (QED) is 0.909. The van der Waals surface area contributed by atoms with E-state index in [4.69, 9.17) is 0 Å². The van der Waals surface area contributed by atoms with Gasteiger partial charge in [-0.2, -0.15) is 0 Å². The van der Waals surface area contributed by atoms with E-state index in [9.17, 15) is 9.90 Å². The Labute approximate surface area is 136 Å². The molecule has 2 amide bonds. The monoisotopic (exact) mass is 315 g/mol. The lowest BCUT2D eigenvalue weighted by molar-refractivity contribution is 0.143. The number of aliphatic hydroxyl groups is 1. The number of nitrogens with zero attached hydrogens (tertiary/aromatic N) is 2. The van der Waals surface area contributed by atoms with Crippen molar-refractivity contribution in [3.05, 3.63) is 30.5 Å². The highest BCUT2D eigenvalue weighted by Crippen LogP contribution is 2.22. The molecule has 2 N–H and O–H groups in total. The smallest absolute Gasteiger partial charge is 0.321 e. The van der Waals surface area contributed by atoms with Gasteiger partial charge in [0.2, 0.25) is 0 Å². The summed E-state index contributed by atoms with van der Waals surface area (Å²) in [5.74, 6) is 0.341. The summed E-state index contributed by atoms with van der Waals surface area (Å²) in [5.41, 5.74) is 2.04. The minimum atomic E-state index is -0.0475. The van der Waals surface area contributed by atoms with Crippen LogP contribution in [-0.2, 0) is 6.54 Å². The Kier molecular flexibility index (Phi) is 4.86. The highest BCUT2D eigenvalue weighted by Gasteiger charge is 2.22.